The fourth-order valence-electron chi connectivity index (χ4n) is 0.943. The molecule has 0 aliphatic rings. The van der Waals surface area contributed by atoms with E-state index in [1.165, 1.54) is 6.20 Å². The first kappa shape index (κ1) is 16.9. The van der Waals surface area contributed by atoms with Gasteiger partial charge in [-0.3, -0.25) is 4.98 Å². The predicted molar refractivity (Wildman–Crippen MR) is 56.5 cm³/mol. The van der Waals surface area contributed by atoms with E-state index in [4.69, 9.17) is 0 Å². The number of hydrogen-bond donors (Lipinski definition) is 1. The van der Waals surface area contributed by atoms with Crippen LogP contribution in [0.15, 0.2) is 18.5 Å². The van der Waals surface area contributed by atoms with E-state index >= 15 is 0 Å². The Morgan fingerprint density at radius 1 is 1.27 bits per heavy atom. The monoisotopic (exact) mass is 262 g/mol. The van der Waals surface area contributed by atoms with Crippen LogP contribution >= 0.6 is 24.8 Å². The quantitative estimate of drug-likeness (QED) is 0.887. The Morgan fingerprint density at radius 2 is 1.87 bits per heavy atom. The molecule has 0 aliphatic carbocycles. The summed E-state index contributed by atoms with van der Waals surface area (Å²) in [6, 6.07) is 1.09. The molecule has 0 amide bonds. The van der Waals surface area contributed by atoms with Crippen molar-refractivity contribution in [2.45, 2.75) is 12.7 Å². The highest BCUT2D eigenvalue weighted by Crippen LogP contribution is 2.28. The molecule has 0 aromatic carbocycles. The Morgan fingerprint density at radius 3 is 2.33 bits per heavy atom. The Hall–Kier alpha value is -0.520. The van der Waals surface area contributed by atoms with Crippen molar-refractivity contribution < 1.29 is 13.2 Å². The molecule has 1 heterocycles. The maximum atomic E-state index is 12.1. The van der Waals surface area contributed by atoms with E-state index in [1.807, 2.05) is 0 Å². The van der Waals surface area contributed by atoms with Gasteiger partial charge in [-0.05, 0) is 18.7 Å². The first-order chi connectivity index (χ1) is 6.04. The standard InChI is InChI=1S/C8H9F3N2.2ClH/c1-12-3-6-2-7(5-13-4-6)8(9,10)11;;/h2,4-5,12H,3H2,1H3;2*1H. The van der Waals surface area contributed by atoms with Crippen molar-refractivity contribution in [3.05, 3.63) is 29.6 Å². The molecule has 0 unspecified atom stereocenters. The molecule has 0 atom stereocenters. The summed E-state index contributed by atoms with van der Waals surface area (Å²) < 4.78 is 36.4. The van der Waals surface area contributed by atoms with Crippen LogP contribution in [0.25, 0.3) is 0 Å². The third-order valence-electron chi connectivity index (χ3n) is 1.50. The molecule has 0 spiro atoms. The summed E-state index contributed by atoms with van der Waals surface area (Å²) in [6.07, 6.45) is -2.08. The number of halogens is 5. The Balaban J connectivity index is 0. The molecule has 0 fully saturated rings. The second-order valence-corrected chi connectivity index (χ2v) is 2.61. The Bertz CT molecular complexity index is 291. The van der Waals surface area contributed by atoms with Crippen LogP contribution in [0.2, 0.25) is 0 Å². The molecular weight excluding hydrogens is 252 g/mol. The average Bonchev–Trinajstić information content (AvgIpc) is 2.04. The van der Waals surface area contributed by atoms with Gasteiger partial charge in [0, 0.05) is 18.9 Å². The molecule has 1 aromatic heterocycles. The number of hydrogen-bond acceptors (Lipinski definition) is 2. The van der Waals surface area contributed by atoms with Crippen molar-refractivity contribution in [1.29, 1.82) is 0 Å². The summed E-state index contributed by atoms with van der Waals surface area (Å²) in [5.74, 6) is 0. The van der Waals surface area contributed by atoms with Gasteiger partial charge in [-0.15, -0.1) is 24.8 Å². The normalized spacial score (nSPS) is 10.1. The molecule has 7 heteroatoms. The highest BCUT2D eigenvalue weighted by Gasteiger charge is 2.30. The van der Waals surface area contributed by atoms with Crippen molar-refractivity contribution in [1.82, 2.24) is 10.3 Å². The molecule has 1 rings (SSSR count). The van der Waals surface area contributed by atoms with Crippen LogP contribution in [0.3, 0.4) is 0 Å². The third-order valence-corrected chi connectivity index (χ3v) is 1.50. The molecule has 0 aliphatic heterocycles. The van der Waals surface area contributed by atoms with Gasteiger partial charge in [0.2, 0.25) is 0 Å². The highest BCUT2D eigenvalue weighted by molar-refractivity contribution is 5.85. The molecule has 15 heavy (non-hydrogen) atoms. The van der Waals surface area contributed by atoms with E-state index in [2.05, 4.69) is 10.3 Å². The van der Waals surface area contributed by atoms with Gasteiger partial charge in [0.25, 0.3) is 0 Å². The smallest absolute Gasteiger partial charge is 0.316 e. The van der Waals surface area contributed by atoms with E-state index in [0.717, 1.165) is 12.3 Å². The minimum atomic E-state index is -4.31. The fraction of sp³-hybridized carbons (Fsp3) is 0.375. The van der Waals surface area contributed by atoms with E-state index in [1.54, 1.807) is 7.05 Å². The van der Waals surface area contributed by atoms with Crippen molar-refractivity contribution in [2.24, 2.45) is 0 Å². The minimum absolute atomic E-state index is 0. The van der Waals surface area contributed by atoms with E-state index in [-0.39, 0.29) is 24.8 Å². The molecule has 0 saturated heterocycles. The summed E-state index contributed by atoms with van der Waals surface area (Å²) in [4.78, 5) is 3.51. The van der Waals surface area contributed by atoms with Crippen molar-refractivity contribution in [3.8, 4) is 0 Å². The number of rotatable bonds is 2. The van der Waals surface area contributed by atoms with Crippen LogP contribution in [-0.2, 0) is 12.7 Å². The van der Waals surface area contributed by atoms with Crippen molar-refractivity contribution in [3.63, 3.8) is 0 Å². The fourth-order valence-corrected chi connectivity index (χ4v) is 0.943. The summed E-state index contributed by atoms with van der Waals surface area (Å²) in [5.41, 5.74) is -0.183. The van der Waals surface area contributed by atoms with Gasteiger partial charge in [0.15, 0.2) is 0 Å². The minimum Gasteiger partial charge on any atom is -0.316 e. The number of pyridine rings is 1. The number of nitrogens with one attached hydrogen (secondary N) is 1. The second-order valence-electron chi connectivity index (χ2n) is 2.61. The van der Waals surface area contributed by atoms with Crippen LogP contribution in [0.4, 0.5) is 13.2 Å². The largest absolute Gasteiger partial charge is 0.417 e. The molecular formula is C8H11Cl2F3N2. The lowest BCUT2D eigenvalue weighted by atomic mass is 10.2. The highest BCUT2D eigenvalue weighted by atomic mass is 35.5. The molecule has 0 radical (unpaired) electrons. The molecule has 2 nitrogen and oxygen atoms in total. The molecule has 88 valence electrons. The maximum absolute atomic E-state index is 12.1. The van der Waals surface area contributed by atoms with Crippen molar-refractivity contribution in [2.75, 3.05) is 7.05 Å². The second kappa shape index (κ2) is 6.87. The zero-order chi connectivity index (χ0) is 9.90. The van der Waals surface area contributed by atoms with Gasteiger partial charge in [-0.1, -0.05) is 0 Å². The third kappa shape index (κ3) is 5.20. The first-order valence-corrected chi connectivity index (χ1v) is 3.70. The lowest BCUT2D eigenvalue weighted by Crippen LogP contribution is -2.09. The lowest BCUT2D eigenvalue weighted by Gasteiger charge is -2.07. The van der Waals surface area contributed by atoms with E-state index < -0.39 is 11.7 Å². The zero-order valence-electron chi connectivity index (χ0n) is 7.84. The molecule has 1 N–H and O–H groups in total. The summed E-state index contributed by atoms with van der Waals surface area (Å²) >= 11 is 0. The SMILES string of the molecule is CNCc1cncc(C(F)(F)F)c1.Cl.Cl. The van der Waals surface area contributed by atoms with Gasteiger partial charge < -0.3 is 5.32 Å². The van der Waals surface area contributed by atoms with Gasteiger partial charge in [-0.2, -0.15) is 13.2 Å². The topological polar surface area (TPSA) is 24.9 Å². The molecule has 0 saturated carbocycles. The van der Waals surface area contributed by atoms with Gasteiger partial charge >= 0.3 is 6.18 Å². The summed E-state index contributed by atoms with van der Waals surface area (Å²) in [7, 11) is 1.67. The summed E-state index contributed by atoms with van der Waals surface area (Å²) in [6.45, 7) is 0.386. The van der Waals surface area contributed by atoms with E-state index in [0.29, 0.717) is 12.1 Å². The Kier molecular flexibility index (Phi) is 7.74. The average molecular weight is 263 g/mol. The van der Waals surface area contributed by atoms with E-state index in [9.17, 15) is 13.2 Å². The molecule has 1 aromatic rings. The van der Waals surface area contributed by atoms with Crippen LogP contribution in [0, 0.1) is 0 Å². The number of aromatic nitrogens is 1. The van der Waals surface area contributed by atoms with Gasteiger partial charge in [0.1, 0.15) is 0 Å². The number of alkyl halides is 3. The van der Waals surface area contributed by atoms with Gasteiger partial charge in [0.05, 0.1) is 5.56 Å². The Labute approximate surface area is 98.1 Å². The first-order valence-electron chi connectivity index (χ1n) is 3.70. The van der Waals surface area contributed by atoms with Crippen LogP contribution < -0.4 is 5.32 Å². The van der Waals surface area contributed by atoms with Crippen LogP contribution in [0.1, 0.15) is 11.1 Å². The lowest BCUT2D eigenvalue weighted by molar-refractivity contribution is -0.137. The zero-order valence-corrected chi connectivity index (χ0v) is 9.47. The van der Waals surface area contributed by atoms with Crippen LogP contribution in [-0.4, -0.2) is 12.0 Å². The molecule has 0 bridgehead atoms. The summed E-state index contributed by atoms with van der Waals surface area (Å²) in [5, 5.41) is 2.76. The van der Waals surface area contributed by atoms with Crippen LogP contribution in [0.5, 0.6) is 0 Å². The predicted octanol–water partition coefficient (Wildman–Crippen LogP) is 2.66. The number of nitrogens with zero attached hydrogens (tertiary/aromatic N) is 1. The maximum Gasteiger partial charge on any atom is 0.417 e. The van der Waals surface area contributed by atoms with Gasteiger partial charge in [-0.25, -0.2) is 0 Å². The van der Waals surface area contributed by atoms with Crippen molar-refractivity contribution >= 4 is 24.8 Å².